The maximum absolute atomic E-state index is 13.1. The Morgan fingerprint density at radius 1 is 1.67 bits per heavy atom. The first kappa shape index (κ1) is 10.4. The topological polar surface area (TPSA) is 56.1 Å². The molecule has 82 valence electrons. The number of aliphatic hydroxyl groups excluding tert-OH is 1. The van der Waals surface area contributed by atoms with Gasteiger partial charge in [-0.05, 0) is 13.3 Å². The highest BCUT2D eigenvalue weighted by molar-refractivity contribution is 6.01. The summed E-state index contributed by atoms with van der Waals surface area (Å²) in [6, 6.07) is 0.111. The van der Waals surface area contributed by atoms with E-state index in [1.807, 2.05) is 0 Å². The lowest BCUT2D eigenvalue weighted by Crippen LogP contribution is -2.45. The fourth-order valence-electron chi connectivity index (χ4n) is 2.18. The van der Waals surface area contributed by atoms with Gasteiger partial charge in [0, 0.05) is 35.9 Å². The zero-order valence-corrected chi connectivity index (χ0v) is 8.63. The Kier molecular flexibility index (Phi) is 2.61. The van der Waals surface area contributed by atoms with Crippen LogP contribution in [0.2, 0.25) is 0 Å². The summed E-state index contributed by atoms with van der Waals surface area (Å²) in [6.45, 7) is 1.62. The second-order valence-electron chi connectivity index (χ2n) is 4.16. The minimum atomic E-state index is -0.667. The van der Waals surface area contributed by atoms with Crippen LogP contribution in [0.3, 0.4) is 0 Å². The molecule has 1 aliphatic carbocycles. The average molecular weight is 210 g/mol. The van der Waals surface area contributed by atoms with Gasteiger partial charge in [0.05, 0.1) is 11.9 Å². The third-order valence-corrected chi connectivity index (χ3v) is 3.08. The Labute approximate surface area is 88.2 Å². The number of aliphatic hydroxyl groups is 1. The summed E-state index contributed by atoms with van der Waals surface area (Å²) in [5.74, 6) is -0.278. The van der Waals surface area contributed by atoms with Gasteiger partial charge in [0.1, 0.15) is 0 Å². The van der Waals surface area contributed by atoms with Gasteiger partial charge in [-0.25, -0.2) is 4.39 Å². The largest absolute Gasteiger partial charge is 0.389 e. The number of fused-ring (bicyclic) bond motifs is 1. The van der Waals surface area contributed by atoms with Gasteiger partial charge in [-0.2, -0.15) is 0 Å². The standard InChI is InChI=1S/C11H15FN2O/c1-6(15)9-5-14-10-3-2-7(12)4-8(10)11(9)13/h2,5-6,8,10,13-15H,3-4H2,1H3/t6?,8-,10?/m1/s1. The molecule has 2 unspecified atom stereocenters. The van der Waals surface area contributed by atoms with Crippen molar-refractivity contribution in [2.24, 2.45) is 5.92 Å². The van der Waals surface area contributed by atoms with E-state index in [4.69, 9.17) is 5.41 Å². The molecule has 0 aromatic heterocycles. The Bertz CT molecular complexity index is 346. The molecule has 0 spiro atoms. The summed E-state index contributed by atoms with van der Waals surface area (Å²) in [6.07, 6.45) is 3.48. The third-order valence-electron chi connectivity index (χ3n) is 3.08. The first-order chi connectivity index (χ1) is 7.09. The van der Waals surface area contributed by atoms with E-state index < -0.39 is 6.10 Å². The number of halogens is 1. The number of allylic oxidation sites excluding steroid dienone is 1. The number of nitrogens with one attached hydrogen (secondary N) is 2. The molecule has 0 aromatic rings. The van der Waals surface area contributed by atoms with Crippen molar-refractivity contribution >= 4 is 5.71 Å². The van der Waals surface area contributed by atoms with Crippen LogP contribution in [0.4, 0.5) is 4.39 Å². The summed E-state index contributed by atoms with van der Waals surface area (Å²) >= 11 is 0. The highest BCUT2D eigenvalue weighted by Gasteiger charge is 2.34. The van der Waals surface area contributed by atoms with Crippen molar-refractivity contribution in [3.05, 3.63) is 23.7 Å². The van der Waals surface area contributed by atoms with Gasteiger partial charge in [-0.3, -0.25) is 0 Å². The second-order valence-corrected chi connectivity index (χ2v) is 4.16. The Hall–Kier alpha value is -1.16. The quantitative estimate of drug-likeness (QED) is 0.614. The molecule has 3 N–H and O–H groups in total. The Balaban J connectivity index is 2.22. The van der Waals surface area contributed by atoms with Crippen molar-refractivity contribution in [2.45, 2.75) is 31.9 Å². The number of hydrogen-bond donors (Lipinski definition) is 3. The van der Waals surface area contributed by atoms with E-state index in [9.17, 15) is 9.50 Å². The van der Waals surface area contributed by atoms with Crippen molar-refractivity contribution in [2.75, 3.05) is 0 Å². The van der Waals surface area contributed by atoms with Crippen LogP contribution in [0.5, 0.6) is 0 Å². The van der Waals surface area contributed by atoms with Gasteiger partial charge in [0.2, 0.25) is 0 Å². The molecule has 3 nitrogen and oxygen atoms in total. The summed E-state index contributed by atoms with van der Waals surface area (Å²) in [7, 11) is 0. The smallest absolute Gasteiger partial charge is 0.0968 e. The predicted octanol–water partition coefficient (Wildman–Crippen LogP) is 1.51. The monoisotopic (exact) mass is 210 g/mol. The highest BCUT2D eigenvalue weighted by atomic mass is 19.1. The Morgan fingerprint density at radius 2 is 2.40 bits per heavy atom. The molecule has 0 fully saturated rings. The van der Waals surface area contributed by atoms with E-state index in [-0.39, 0.29) is 24.2 Å². The molecule has 0 amide bonds. The average Bonchev–Trinajstić information content (AvgIpc) is 2.19. The molecule has 0 saturated heterocycles. The molecule has 15 heavy (non-hydrogen) atoms. The molecule has 1 heterocycles. The van der Waals surface area contributed by atoms with Gasteiger partial charge in [0.15, 0.2) is 0 Å². The van der Waals surface area contributed by atoms with Crippen LogP contribution in [0, 0.1) is 11.3 Å². The van der Waals surface area contributed by atoms with E-state index in [0.29, 0.717) is 17.7 Å². The van der Waals surface area contributed by atoms with Crippen molar-refractivity contribution in [3.63, 3.8) is 0 Å². The van der Waals surface area contributed by atoms with Crippen LogP contribution in [-0.4, -0.2) is 23.0 Å². The highest BCUT2D eigenvalue weighted by Crippen LogP contribution is 2.31. The van der Waals surface area contributed by atoms with Crippen LogP contribution in [0.25, 0.3) is 0 Å². The van der Waals surface area contributed by atoms with E-state index in [1.165, 1.54) is 0 Å². The summed E-state index contributed by atoms with van der Waals surface area (Å²) in [4.78, 5) is 0. The maximum atomic E-state index is 13.1. The minimum absolute atomic E-state index is 0.111. The molecule has 1 aliphatic heterocycles. The molecule has 0 bridgehead atoms. The van der Waals surface area contributed by atoms with Gasteiger partial charge >= 0.3 is 0 Å². The fraction of sp³-hybridized carbons (Fsp3) is 0.545. The lowest BCUT2D eigenvalue weighted by molar-refractivity contribution is 0.232. The lowest BCUT2D eigenvalue weighted by atomic mass is 9.79. The SMILES string of the molecule is CC(O)C1=CNC2CC=C(F)C[C@H]2C1=N. The zero-order valence-electron chi connectivity index (χ0n) is 8.63. The van der Waals surface area contributed by atoms with Crippen LogP contribution in [0.1, 0.15) is 19.8 Å². The predicted molar refractivity (Wildman–Crippen MR) is 56.3 cm³/mol. The van der Waals surface area contributed by atoms with Crippen LogP contribution >= 0.6 is 0 Å². The van der Waals surface area contributed by atoms with E-state index in [1.54, 1.807) is 19.2 Å². The summed E-state index contributed by atoms with van der Waals surface area (Å²) in [5.41, 5.74) is 0.947. The molecule has 0 saturated carbocycles. The van der Waals surface area contributed by atoms with Crippen LogP contribution in [0.15, 0.2) is 23.7 Å². The molecule has 4 heteroatoms. The second kappa shape index (κ2) is 3.77. The van der Waals surface area contributed by atoms with Gasteiger partial charge < -0.3 is 15.8 Å². The number of hydrogen-bond acceptors (Lipinski definition) is 3. The van der Waals surface area contributed by atoms with Crippen molar-refractivity contribution in [1.82, 2.24) is 5.32 Å². The normalized spacial score (nSPS) is 32.3. The third kappa shape index (κ3) is 1.81. The first-order valence-corrected chi connectivity index (χ1v) is 5.17. The summed E-state index contributed by atoms with van der Waals surface area (Å²) < 4.78 is 13.1. The minimum Gasteiger partial charge on any atom is -0.389 e. The van der Waals surface area contributed by atoms with Gasteiger partial charge in [0.25, 0.3) is 0 Å². The van der Waals surface area contributed by atoms with E-state index in [0.717, 1.165) is 0 Å². The summed E-state index contributed by atoms with van der Waals surface area (Å²) in [5, 5.41) is 20.5. The van der Waals surface area contributed by atoms with E-state index in [2.05, 4.69) is 5.32 Å². The Morgan fingerprint density at radius 3 is 3.07 bits per heavy atom. The molecule has 2 rings (SSSR count). The van der Waals surface area contributed by atoms with Gasteiger partial charge in [-0.1, -0.05) is 6.08 Å². The molecule has 2 aliphatic rings. The number of rotatable bonds is 1. The molecule has 0 aromatic carbocycles. The molecular formula is C11H15FN2O. The lowest BCUT2D eigenvalue weighted by Gasteiger charge is -2.35. The maximum Gasteiger partial charge on any atom is 0.0968 e. The van der Waals surface area contributed by atoms with Crippen molar-refractivity contribution < 1.29 is 9.50 Å². The molecule has 0 radical (unpaired) electrons. The van der Waals surface area contributed by atoms with Crippen molar-refractivity contribution in [3.8, 4) is 0 Å². The molecule has 3 atom stereocenters. The van der Waals surface area contributed by atoms with Crippen molar-refractivity contribution in [1.29, 1.82) is 5.41 Å². The zero-order chi connectivity index (χ0) is 11.0. The van der Waals surface area contributed by atoms with Gasteiger partial charge in [-0.15, -0.1) is 0 Å². The van der Waals surface area contributed by atoms with Crippen LogP contribution in [-0.2, 0) is 0 Å². The van der Waals surface area contributed by atoms with Crippen LogP contribution < -0.4 is 5.32 Å². The van der Waals surface area contributed by atoms with E-state index >= 15 is 0 Å². The fourth-order valence-corrected chi connectivity index (χ4v) is 2.18. The molecular weight excluding hydrogens is 195 g/mol. The first-order valence-electron chi connectivity index (χ1n) is 5.17.